The number of anilines is 2. The second kappa shape index (κ2) is 9.84. The van der Waals surface area contributed by atoms with E-state index in [1.807, 2.05) is 24.3 Å². The number of H-pyrrole nitrogens is 2. The highest BCUT2D eigenvalue weighted by Crippen LogP contribution is 2.30. The summed E-state index contributed by atoms with van der Waals surface area (Å²) in [6.07, 6.45) is 0. The molecule has 2 amide bonds. The number of aromatic amines is 2. The summed E-state index contributed by atoms with van der Waals surface area (Å²) in [7, 11) is 0. The zero-order chi connectivity index (χ0) is 25.2. The van der Waals surface area contributed by atoms with Gasteiger partial charge in [-0.25, -0.2) is 4.79 Å². The molecule has 0 radical (unpaired) electrons. The second-order valence-electron chi connectivity index (χ2n) is 7.80. The van der Waals surface area contributed by atoms with E-state index >= 15 is 0 Å². The summed E-state index contributed by atoms with van der Waals surface area (Å²) >= 11 is 9.73. The number of carbonyl (C=O) groups excluding carboxylic acids is 2. The quantitative estimate of drug-likeness (QED) is 0.203. The number of aromatic nitrogens is 3. The van der Waals surface area contributed by atoms with Crippen molar-refractivity contribution in [2.45, 2.75) is 5.38 Å². The van der Waals surface area contributed by atoms with Gasteiger partial charge in [0.2, 0.25) is 5.91 Å². The van der Waals surface area contributed by atoms with E-state index in [2.05, 4.69) is 46.2 Å². The minimum absolute atomic E-state index is 0.173. The van der Waals surface area contributed by atoms with Gasteiger partial charge in [0.05, 0.1) is 16.9 Å². The molecule has 3 aromatic carbocycles. The fourth-order valence-electron chi connectivity index (χ4n) is 3.71. The molecule has 0 spiro atoms. The Kier molecular flexibility index (Phi) is 6.45. The van der Waals surface area contributed by atoms with Crippen LogP contribution in [0.3, 0.4) is 0 Å². The molecule has 4 N–H and O–H groups in total. The third kappa shape index (κ3) is 4.81. The Bertz CT molecular complexity index is 1640. The summed E-state index contributed by atoms with van der Waals surface area (Å²) in [5.41, 5.74) is 2.87. The zero-order valence-corrected chi connectivity index (χ0v) is 20.7. The molecular formula is C25H17BrClN5O4. The first-order chi connectivity index (χ1) is 17.4. The van der Waals surface area contributed by atoms with Gasteiger partial charge in [-0.3, -0.25) is 19.1 Å². The van der Waals surface area contributed by atoms with Crippen LogP contribution in [0.4, 0.5) is 11.4 Å². The van der Waals surface area contributed by atoms with Crippen molar-refractivity contribution in [3.8, 4) is 11.4 Å². The van der Waals surface area contributed by atoms with E-state index in [1.54, 1.807) is 48.5 Å². The summed E-state index contributed by atoms with van der Waals surface area (Å²) in [6, 6.07) is 21.1. The molecule has 9 nitrogen and oxygen atoms in total. The average Bonchev–Trinajstić information content (AvgIpc) is 3.52. The van der Waals surface area contributed by atoms with Crippen LogP contribution in [0.25, 0.3) is 22.3 Å². The third-order valence-corrected chi connectivity index (χ3v) is 6.35. The molecule has 0 aliphatic carbocycles. The van der Waals surface area contributed by atoms with Gasteiger partial charge >= 0.3 is 5.76 Å². The number of alkyl halides is 1. The van der Waals surface area contributed by atoms with Crippen molar-refractivity contribution in [1.29, 1.82) is 0 Å². The normalized spacial score (nSPS) is 11.8. The molecule has 2 aromatic heterocycles. The lowest BCUT2D eigenvalue weighted by atomic mass is 10.1. The lowest BCUT2D eigenvalue weighted by Crippen LogP contribution is -2.17. The molecule has 1 atom stereocenters. The lowest BCUT2D eigenvalue weighted by Gasteiger charge is -2.11. The van der Waals surface area contributed by atoms with Crippen LogP contribution in [0, 0.1) is 0 Å². The van der Waals surface area contributed by atoms with Crippen LogP contribution in [0.1, 0.15) is 21.4 Å². The van der Waals surface area contributed by atoms with Crippen LogP contribution in [0.2, 0.25) is 0 Å². The molecule has 0 aliphatic heterocycles. The Balaban J connectivity index is 1.40. The van der Waals surface area contributed by atoms with Gasteiger partial charge in [0.15, 0.2) is 5.82 Å². The van der Waals surface area contributed by atoms with Gasteiger partial charge in [-0.1, -0.05) is 63.6 Å². The standard InChI is InChI=1S/C25H17BrClN5O4/c26-15-9-10-17(16(12-15)22-31-25(35)36-32-22)29-23(33)19-11-14-7-4-8-18(21(14)28-19)30-24(34)20(27)13-5-2-1-3-6-13/h1-12,20,28H,(H,29,33)(H,30,34)(H,31,32,35). The molecule has 0 fully saturated rings. The summed E-state index contributed by atoms with van der Waals surface area (Å²) in [5.74, 6) is -1.36. The number of hydrogen-bond donors (Lipinski definition) is 4. The first-order valence-electron chi connectivity index (χ1n) is 10.7. The maximum absolute atomic E-state index is 13.1. The van der Waals surface area contributed by atoms with Gasteiger partial charge in [-0.2, -0.15) is 0 Å². The van der Waals surface area contributed by atoms with E-state index in [1.165, 1.54) is 0 Å². The van der Waals surface area contributed by atoms with Crippen molar-refractivity contribution in [2.24, 2.45) is 0 Å². The van der Waals surface area contributed by atoms with Crippen molar-refractivity contribution in [2.75, 3.05) is 10.6 Å². The van der Waals surface area contributed by atoms with E-state index in [0.717, 1.165) is 9.86 Å². The average molecular weight is 567 g/mol. The van der Waals surface area contributed by atoms with E-state index in [9.17, 15) is 14.4 Å². The summed E-state index contributed by atoms with van der Waals surface area (Å²) in [6.45, 7) is 0. The van der Waals surface area contributed by atoms with Crippen LogP contribution in [0.5, 0.6) is 0 Å². The highest BCUT2D eigenvalue weighted by molar-refractivity contribution is 9.10. The van der Waals surface area contributed by atoms with Crippen molar-refractivity contribution < 1.29 is 14.1 Å². The molecule has 0 bridgehead atoms. The third-order valence-electron chi connectivity index (χ3n) is 5.41. The van der Waals surface area contributed by atoms with Gasteiger partial charge in [0, 0.05) is 15.4 Å². The minimum Gasteiger partial charge on any atom is -0.349 e. The fraction of sp³-hybridized carbons (Fsp3) is 0.0400. The van der Waals surface area contributed by atoms with Gasteiger partial charge in [0.25, 0.3) is 5.91 Å². The predicted molar refractivity (Wildman–Crippen MR) is 140 cm³/mol. The molecule has 0 aliphatic rings. The number of amides is 2. The first kappa shape index (κ1) is 23.6. The van der Waals surface area contributed by atoms with Gasteiger partial charge in [-0.05, 0) is 35.9 Å². The Morgan fingerprint density at radius 1 is 0.944 bits per heavy atom. The van der Waals surface area contributed by atoms with Crippen LogP contribution < -0.4 is 16.4 Å². The monoisotopic (exact) mass is 565 g/mol. The SMILES string of the molecule is O=C(Nc1ccc(Br)cc1-c1noc(=O)[nH]1)c1cc2cccc(NC(=O)C(Cl)c3ccccc3)c2[nH]1. The lowest BCUT2D eigenvalue weighted by molar-refractivity contribution is -0.116. The zero-order valence-electron chi connectivity index (χ0n) is 18.3. The maximum atomic E-state index is 13.1. The van der Waals surface area contributed by atoms with Crippen molar-refractivity contribution in [3.63, 3.8) is 0 Å². The number of carbonyl (C=O) groups is 2. The van der Waals surface area contributed by atoms with Crippen LogP contribution in [-0.2, 0) is 4.79 Å². The van der Waals surface area contributed by atoms with Crippen LogP contribution in [-0.4, -0.2) is 26.9 Å². The van der Waals surface area contributed by atoms with Crippen molar-refractivity contribution >= 4 is 61.6 Å². The molecule has 5 rings (SSSR count). The molecule has 5 aromatic rings. The molecule has 180 valence electrons. The second-order valence-corrected chi connectivity index (χ2v) is 9.16. The first-order valence-corrected chi connectivity index (χ1v) is 11.9. The summed E-state index contributed by atoms with van der Waals surface area (Å²) in [4.78, 5) is 42.8. The van der Waals surface area contributed by atoms with Gasteiger partial charge in [0.1, 0.15) is 11.1 Å². The summed E-state index contributed by atoms with van der Waals surface area (Å²) in [5, 5.41) is 9.20. The fourth-order valence-corrected chi connectivity index (χ4v) is 4.27. The Labute approximate surface area is 217 Å². The molecular weight excluding hydrogens is 550 g/mol. The summed E-state index contributed by atoms with van der Waals surface area (Å²) < 4.78 is 5.31. The van der Waals surface area contributed by atoms with Crippen molar-refractivity contribution in [3.05, 3.63) is 99.1 Å². The maximum Gasteiger partial charge on any atom is 0.439 e. The van der Waals surface area contributed by atoms with E-state index in [0.29, 0.717) is 28.0 Å². The number of nitrogens with one attached hydrogen (secondary N) is 4. The van der Waals surface area contributed by atoms with Gasteiger partial charge < -0.3 is 15.6 Å². The number of hydrogen-bond acceptors (Lipinski definition) is 5. The van der Waals surface area contributed by atoms with E-state index < -0.39 is 22.9 Å². The smallest absolute Gasteiger partial charge is 0.349 e. The predicted octanol–water partition coefficient (Wildman–Crippen LogP) is 5.44. The Morgan fingerprint density at radius 3 is 2.50 bits per heavy atom. The van der Waals surface area contributed by atoms with Crippen molar-refractivity contribution in [1.82, 2.24) is 15.1 Å². The number of rotatable bonds is 6. The number of para-hydroxylation sites is 1. The Hall–Kier alpha value is -4.15. The highest BCUT2D eigenvalue weighted by atomic mass is 79.9. The topological polar surface area (TPSA) is 133 Å². The van der Waals surface area contributed by atoms with Crippen LogP contribution >= 0.6 is 27.5 Å². The number of halogens is 2. The van der Waals surface area contributed by atoms with E-state index in [-0.39, 0.29) is 11.5 Å². The molecule has 36 heavy (non-hydrogen) atoms. The number of nitrogens with zero attached hydrogens (tertiary/aromatic N) is 1. The van der Waals surface area contributed by atoms with E-state index in [4.69, 9.17) is 11.6 Å². The molecule has 1 unspecified atom stereocenters. The van der Waals surface area contributed by atoms with Gasteiger partial charge in [-0.15, -0.1) is 11.6 Å². The highest BCUT2D eigenvalue weighted by Gasteiger charge is 2.20. The molecule has 2 heterocycles. The Morgan fingerprint density at radius 2 is 1.75 bits per heavy atom. The minimum atomic E-state index is -0.877. The number of fused-ring (bicyclic) bond motifs is 1. The molecule has 11 heteroatoms. The number of benzene rings is 3. The molecule has 0 saturated carbocycles. The molecule has 0 saturated heterocycles. The van der Waals surface area contributed by atoms with Crippen LogP contribution in [0.15, 0.2) is 86.6 Å². The largest absolute Gasteiger partial charge is 0.439 e.